The number of amides is 1. The van der Waals surface area contributed by atoms with Gasteiger partial charge in [0.1, 0.15) is 0 Å². The van der Waals surface area contributed by atoms with Crippen LogP contribution in [0.3, 0.4) is 0 Å². The van der Waals surface area contributed by atoms with Gasteiger partial charge in [0.15, 0.2) is 0 Å². The number of aromatic nitrogens is 1. The van der Waals surface area contributed by atoms with Gasteiger partial charge in [0, 0.05) is 48.3 Å². The average Bonchev–Trinajstić information content (AvgIpc) is 3.06. The summed E-state index contributed by atoms with van der Waals surface area (Å²) in [7, 11) is -3.65. The molecular formula is C22H22N4O3S. The van der Waals surface area contributed by atoms with E-state index in [-0.39, 0.29) is 23.9 Å². The molecule has 1 aliphatic rings. The first-order chi connectivity index (χ1) is 14.3. The Morgan fingerprint density at radius 3 is 2.33 bits per heavy atom. The van der Waals surface area contributed by atoms with Gasteiger partial charge in [-0.25, -0.2) is 8.42 Å². The topological polar surface area (TPSA) is 97.3 Å². The molecule has 30 heavy (non-hydrogen) atoms. The maximum Gasteiger partial charge on any atom is 0.253 e. The summed E-state index contributed by atoms with van der Waals surface area (Å²) in [6.07, 6.45) is 0. The number of nitrogens with one attached hydrogen (secondary N) is 1. The van der Waals surface area contributed by atoms with Gasteiger partial charge in [-0.3, -0.25) is 4.79 Å². The van der Waals surface area contributed by atoms with Crippen molar-refractivity contribution >= 4 is 26.8 Å². The van der Waals surface area contributed by atoms with E-state index in [1.807, 2.05) is 32.0 Å². The summed E-state index contributed by atoms with van der Waals surface area (Å²) in [4.78, 5) is 18.1. The van der Waals surface area contributed by atoms with Crippen LogP contribution in [0, 0.1) is 25.2 Å². The molecule has 0 atom stereocenters. The monoisotopic (exact) mass is 422 g/mol. The van der Waals surface area contributed by atoms with Gasteiger partial charge in [0.25, 0.3) is 5.91 Å². The summed E-state index contributed by atoms with van der Waals surface area (Å²) in [5.41, 5.74) is 4.22. The summed E-state index contributed by atoms with van der Waals surface area (Å²) in [5.74, 6) is -0.0921. The molecule has 2 aromatic carbocycles. The quantitative estimate of drug-likeness (QED) is 0.702. The molecule has 1 saturated heterocycles. The lowest BCUT2D eigenvalue weighted by molar-refractivity contribution is 0.0698. The Morgan fingerprint density at radius 1 is 1.03 bits per heavy atom. The molecule has 1 fully saturated rings. The minimum absolute atomic E-state index is 0.0921. The summed E-state index contributed by atoms with van der Waals surface area (Å²) >= 11 is 0. The molecule has 8 heteroatoms. The van der Waals surface area contributed by atoms with Crippen LogP contribution in [0.1, 0.15) is 27.2 Å². The Hall–Kier alpha value is -3.15. The van der Waals surface area contributed by atoms with Gasteiger partial charge in [0.2, 0.25) is 10.0 Å². The Morgan fingerprint density at radius 2 is 1.70 bits per heavy atom. The Balaban J connectivity index is 1.48. The van der Waals surface area contributed by atoms with Crippen LogP contribution < -0.4 is 0 Å². The van der Waals surface area contributed by atoms with Crippen molar-refractivity contribution in [1.29, 1.82) is 5.26 Å². The zero-order valence-corrected chi connectivity index (χ0v) is 17.7. The number of fused-ring (bicyclic) bond motifs is 1. The van der Waals surface area contributed by atoms with E-state index < -0.39 is 10.0 Å². The van der Waals surface area contributed by atoms with Gasteiger partial charge in [-0.1, -0.05) is 0 Å². The number of rotatable bonds is 3. The van der Waals surface area contributed by atoms with Gasteiger partial charge in [-0.05, 0) is 61.9 Å². The number of hydrogen-bond donors (Lipinski definition) is 1. The summed E-state index contributed by atoms with van der Waals surface area (Å²) in [6, 6.07) is 13.5. The molecule has 7 nitrogen and oxygen atoms in total. The molecule has 0 saturated carbocycles. The lowest BCUT2D eigenvalue weighted by Crippen LogP contribution is -2.50. The molecule has 1 N–H and O–H groups in total. The number of benzene rings is 2. The van der Waals surface area contributed by atoms with Crippen LogP contribution in [0.25, 0.3) is 10.9 Å². The fraction of sp³-hybridized carbons (Fsp3) is 0.273. The van der Waals surface area contributed by atoms with Crippen LogP contribution in [-0.2, 0) is 10.0 Å². The summed E-state index contributed by atoms with van der Waals surface area (Å²) in [5, 5.41) is 9.91. The predicted octanol–water partition coefficient (Wildman–Crippen LogP) is 2.80. The highest BCUT2D eigenvalue weighted by Gasteiger charge is 2.30. The van der Waals surface area contributed by atoms with E-state index in [1.165, 1.54) is 28.6 Å². The van der Waals surface area contributed by atoms with E-state index in [0.29, 0.717) is 24.2 Å². The first-order valence-electron chi connectivity index (χ1n) is 9.70. The Bertz CT molecular complexity index is 1260. The number of carbonyl (C=O) groups is 1. The van der Waals surface area contributed by atoms with Crippen LogP contribution in [0.2, 0.25) is 0 Å². The lowest BCUT2D eigenvalue weighted by atomic mass is 10.1. The van der Waals surface area contributed by atoms with Gasteiger partial charge in [-0.2, -0.15) is 9.57 Å². The number of hydrogen-bond acceptors (Lipinski definition) is 4. The minimum Gasteiger partial charge on any atom is -0.358 e. The molecule has 0 aliphatic carbocycles. The standard InChI is InChI=1S/C22H22N4O3S/c1-15-16(2)24-21-8-5-18(13-20(15)21)22(27)25-9-11-26(12-10-25)30(28,29)19-6-3-17(14-23)4-7-19/h3-8,13,24H,9-12H2,1-2H3. The molecule has 1 amide bonds. The van der Waals surface area contributed by atoms with Crippen molar-refractivity contribution in [2.24, 2.45) is 0 Å². The SMILES string of the molecule is Cc1[nH]c2ccc(C(=O)N3CCN(S(=O)(=O)c4ccc(C#N)cc4)CC3)cc2c1C. The first kappa shape index (κ1) is 20.1. The number of sulfonamides is 1. The molecule has 4 rings (SSSR count). The third-order valence-corrected chi connectivity index (χ3v) is 7.62. The second-order valence-electron chi connectivity index (χ2n) is 7.47. The average molecular weight is 423 g/mol. The number of H-pyrrole nitrogens is 1. The predicted molar refractivity (Wildman–Crippen MR) is 114 cm³/mol. The maximum atomic E-state index is 13.0. The smallest absolute Gasteiger partial charge is 0.253 e. The third kappa shape index (κ3) is 3.47. The zero-order chi connectivity index (χ0) is 21.5. The minimum atomic E-state index is -3.65. The maximum absolute atomic E-state index is 13.0. The molecule has 0 spiro atoms. The van der Waals surface area contributed by atoms with Crippen LogP contribution in [0.15, 0.2) is 47.4 Å². The number of aromatic amines is 1. The van der Waals surface area contributed by atoms with E-state index in [0.717, 1.165) is 22.2 Å². The highest BCUT2D eigenvalue weighted by molar-refractivity contribution is 7.89. The second kappa shape index (κ2) is 7.59. The van der Waals surface area contributed by atoms with Crippen LogP contribution in [-0.4, -0.2) is 54.7 Å². The largest absolute Gasteiger partial charge is 0.358 e. The van der Waals surface area contributed by atoms with Crippen molar-refractivity contribution in [2.75, 3.05) is 26.2 Å². The summed E-state index contributed by atoms with van der Waals surface area (Å²) < 4.78 is 27.1. The number of piperazine rings is 1. The van der Waals surface area contributed by atoms with Crippen molar-refractivity contribution in [2.45, 2.75) is 18.7 Å². The van der Waals surface area contributed by atoms with Gasteiger partial charge >= 0.3 is 0 Å². The molecule has 0 radical (unpaired) electrons. The van der Waals surface area contributed by atoms with Gasteiger partial charge in [-0.15, -0.1) is 0 Å². The fourth-order valence-corrected chi connectivity index (χ4v) is 5.18. The molecule has 154 valence electrons. The summed E-state index contributed by atoms with van der Waals surface area (Å²) in [6.45, 7) is 5.16. The normalized spacial score (nSPS) is 15.3. The van der Waals surface area contributed by atoms with Gasteiger partial charge < -0.3 is 9.88 Å². The van der Waals surface area contributed by atoms with Crippen molar-refractivity contribution < 1.29 is 13.2 Å². The number of nitrogens with zero attached hydrogens (tertiary/aromatic N) is 3. The highest BCUT2D eigenvalue weighted by Crippen LogP contribution is 2.24. The van der Waals surface area contributed by atoms with Crippen LogP contribution >= 0.6 is 0 Å². The van der Waals surface area contributed by atoms with Crippen LogP contribution in [0.4, 0.5) is 0 Å². The first-order valence-corrected chi connectivity index (χ1v) is 11.1. The van der Waals surface area contributed by atoms with Crippen LogP contribution in [0.5, 0.6) is 0 Å². The third-order valence-electron chi connectivity index (χ3n) is 5.70. The molecular weight excluding hydrogens is 400 g/mol. The van der Waals surface area contributed by atoms with Crippen molar-refractivity contribution in [3.05, 3.63) is 64.8 Å². The van der Waals surface area contributed by atoms with E-state index in [9.17, 15) is 13.2 Å². The van der Waals surface area contributed by atoms with E-state index in [2.05, 4.69) is 4.98 Å². The van der Waals surface area contributed by atoms with Crippen molar-refractivity contribution in [3.63, 3.8) is 0 Å². The van der Waals surface area contributed by atoms with Crippen molar-refractivity contribution in [1.82, 2.24) is 14.2 Å². The van der Waals surface area contributed by atoms with E-state index >= 15 is 0 Å². The molecule has 0 unspecified atom stereocenters. The number of nitriles is 1. The Kier molecular flexibility index (Phi) is 5.10. The molecule has 1 aliphatic heterocycles. The molecule has 0 bridgehead atoms. The zero-order valence-electron chi connectivity index (χ0n) is 16.8. The van der Waals surface area contributed by atoms with Gasteiger partial charge in [0.05, 0.1) is 16.5 Å². The second-order valence-corrected chi connectivity index (χ2v) is 9.41. The number of carbonyl (C=O) groups excluding carboxylic acids is 1. The molecule has 3 aromatic rings. The lowest BCUT2D eigenvalue weighted by Gasteiger charge is -2.34. The fourth-order valence-electron chi connectivity index (χ4n) is 3.76. The van der Waals surface area contributed by atoms with E-state index in [4.69, 9.17) is 5.26 Å². The Labute approximate surface area is 175 Å². The molecule has 2 heterocycles. The molecule has 1 aromatic heterocycles. The van der Waals surface area contributed by atoms with E-state index in [1.54, 1.807) is 11.0 Å². The number of aryl methyl sites for hydroxylation is 2. The highest BCUT2D eigenvalue weighted by atomic mass is 32.2. The van der Waals surface area contributed by atoms with Crippen molar-refractivity contribution in [3.8, 4) is 6.07 Å².